The predicted octanol–water partition coefficient (Wildman–Crippen LogP) is 4.60. The van der Waals surface area contributed by atoms with Crippen molar-refractivity contribution in [1.29, 1.82) is 0 Å². The van der Waals surface area contributed by atoms with Crippen LogP contribution in [-0.4, -0.2) is 31.8 Å². The number of rotatable bonds is 10. The van der Waals surface area contributed by atoms with Crippen LogP contribution in [0.15, 0.2) is 70.2 Å². The van der Waals surface area contributed by atoms with Gasteiger partial charge >= 0.3 is 5.97 Å². The minimum atomic E-state index is -0.377. The number of carbonyl (C=O) groups excluding carboxylic acids is 2. The second-order valence-electron chi connectivity index (χ2n) is 7.00. The number of hydrogen-bond acceptors (Lipinski definition) is 6. The summed E-state index contributed by atoms with van der Waals surface area (Å²) in [6.07, 6.45) is 3.33. The summed E-state index contributed by atoms with van der Waals surface area (Å²) in [5.41, 5.74) is 4.87. The third-order valence-corrected chi connectivity index (χ3v) is 4.69. The van der Waals surface area contributed by atoms with Crippen LogP contribution in [0.4, 0.5) is 0 Å². The Labute approximate surface area is 187 Å². The molecule has 7 nitrogen and oxygen atoms in total. The molecule has 0 radical (unpaired) electrons. The van der Waals surface area contributed by atoms with Crippen LogP contribution in [0, 0.1) is 0 Å². The lowest BCUT2D eigenvalue weighted by Gasteiger charge is -2.03. The maximum Gasteiger partial charge on any atom is 0.338 e. The van der Waals surface area contributed by atoms with E-state index in [2.05, 4.69) is 10.5 Å². The fourth-order valence-electron chi connectivity index (χ4n) is 3.06. The molecule has 3 rings (SSSR count). The summed E-state index contributed by atoms with van der Waals surface area (Å²) in [6.45, 7) is 2.08. The largest absolute Gasteiger partial charge is 0.497 e. The standard InChI is InChI=1S/C25H26N2O5/c1-3-31-25(29)20-8-5-7-19(16-20)23-15-14-22(32-23)17-26-27-24(28)9-4-6-18-10-12-21(30-2)13-11-18/h5,7-8,10-17H,3-4,6,9H2,1-2H3,(H,27,28)/b26-17-. The lowest BCUT2D eigenvalue weighted by atomic mass is 10.1. The third-order valence-electron chi connectivity index (χ3n) is 4.69. The number of ether oxygens (including phenoxy) is 2. The van der Waals surface area contributed by atoms with Crippen LogP contribution >= 0.6 is 0 Å². The number of aryl methyl sites for hydroxylation is 1. The number of methoxy groups -OCH3 is 1. The number of amides is 1. The molecule has 0 saturated carbocycles. The zero-order valence-electron chi connectivity index (χ0n) is 18.2. The molecule has 0 bridgehead atoms. The number of esters is 1. The number of nitrogens with one attached hydrogen (secondary N) is 1. The molecule has 32 heavy (non-hydrogen) atoms. The van der Waals surface area contributed by atoms with Crippen LogP contribution < -0.4 is 10.2 Å². The first-order valence-electron chi connectivity index (χ1n) is 10.4. The topological polar surface area (TPSA) is 90.1 Å². The molecule has 2 aromatic carbocycles. The zero-order valence-corrected chi connectivity index (χ0v) is 18.2. The Balaban J connectivity index is 1.47. The van der Waals surface area contributed by atoms with E-state index in [1.165, 1.54) is 6.21 Å². The lowest BCUT2D eigenvalue weighted by molar-refractivity contribution is -0.121. The van der Waals surface area contributed by atoms with Gasteiger partial charge in [-0.25, -0.2) is 10.2 Å². The molecule has 1 heterocycles. The van der Waals surface area contributed by atoms with Crippen molar-refractivity contribution in [2.24, 2.45) is 5.10 Å². The molecule has 0 atom stereocenters. The quantitative estimate of drug-likeness (QED) is 0.286. The van der Waals surface area contributed by atoms with Gasteiger partial charge in [0.05, 0.1) is 25.5 Å². The molecule has 0 unspecified atom stereocenters. The van der Waals surface area contributed by atoms with Crippen molar-refractivity contribution in [3.05, 3.63) is 77.6 Å². The summed E-state index contributed by atoms with van der Waals surface area (Å²) in [7, 11) is 1.63. The normalized spacial score (nSPS) is 10.8. The van der Waals surface area contributed by atoms with E-state index in [0.717, 1.165) is 29.7 Å². The van der Waals surface area contributed by atoms with Gasteiger partial charge in [-0.3, -0.25) is 4.79 Å². The van der Waals surface area contributed by atoms with Gasteiger partial charge in [-0.1, -0.05) is 24.3 Å². The van der Waals surface area contributed by atoms with Gasteiger partial charge in [-0.05, 0) is 61.7 Å². The number of hydrazone groups is 1. The summed E-state index contributed by atoms with van der Waals surface area (Å²) in [5, 5.41) is 3.96. The Kier molecular flexibility index (Phi) is 8.20. The van der Waals surface area contributed by atoms with Gasteiger partial charge in [0.1, 0.15) is 17.3 Å². The van der Waals surface area contributed by atoms with E-state index in [9.17, 15) is 9.59 Å². The number of benzene rings is 2. The van der Waals surface area contributed by atoms with E-state index in [4.69, 9.17) is 13.9 Å². The maximum absolute atomic E-state index is 12.0. The van der Waals surface area contributed by atoms with Gasteiger partial charge in [-0.2, -0.15) is 5.10 Å². The average Bonchev–Trinajstić information content (AvgIpc) is 3.29. The number of nitrogens with zero attached hydrogens (tertiary/aromatic N) is 1. The SMILES string of the molecule is CCOC(=O)c1cccc(-c2ccc(/C=N\NC(=O)CCCc3ccc(OC)cc3)o2)c1. The Hall–Kier alpha value is -3.87. The summed E-state index contributed by atoms with van der Waals surface area (Å²) in [6, 6.07) is 18.3. The Morgan fingerprint density at radius 3 is 2.66 bits per heavy atom. The van der Waals surface area contributed by atoms with Gasteiger partial charge in [0.25, 0.3) is 0 Å². The first-order chi connectivity index (χ1) is 15.6. The molecule has 1 N–H and O–H groups in total. The van der Waals surface area contributed by atoms with Crippen LogP contribution in [0.25, 0.3) is 11.3 Å². The van der Waals surface area contributed by atoms with E-state index in [0.29, 0.717) is 30.1 Å². The Bertz CT molecular complexity index is 1070. The van der Waals surface area contributed by atoms with Crippen LogP contribution in [0.2, 0.25) is 0 Å². The van der Waals surface area contributed by atoms with E-state index in [-0.39, 0.29) is 11.9 Å². The molecule has 1 amide bonds. The van der Waals surface area contributed by atoms with Crippen molar-refractivity contribution in [1.82, 2.24) is 5.43 Å². The van der Waals surface area contributed by atoms with Gasteiger partial charge < -0.3 is 13.9 Å². The molecular weight excluding hydrogens is 408 g/mol. The fraction of sp³-hybridized carbons (Fsp3) is 0.240. The maximum atomic E-state index is 12.0. The van der Waals surface area contributed by atoms with Crippen LogP contribution in [0.3, 0.4) is 0 Å². The molecule has 166 valence electrons. The van der Waals surface area contributed by atoms with Crippen molar-refractivity contribution < 1.29 is 23.5 Å². The minimum Gasteiger partial charge on any atom is -0.497 e. The third kappa shape index (κ3) is 6.57. The first-order valence-corrected chi connectivity index (χ1v) is 10.4. The van der Waals surface area contributed by atoms with E-state index >= 15 is 0 Å². The second-order valence-corrected chi connectivity index (χ2v) is 7.00. The lowest BCUT2D eigenvalue weighted by Crippen LogP contribution is -2.17. The monoisotopic (exact) mass is 434 g/mol. The van der Waals surface area contributed by atoms with Crippen LogP contribution in [0.1, 0.15) is 41.4 Å². The van der Waals surface area contributed by atoms with Crippen LogP contribution in [-0.2, 0) is 16.0 Å². The number of furan rings is 1. The van der Waals surface area contributed by atoms with Gasteiger partial charge in [0, 0.05) is 12.0 Å². The van der Waals surface area contributed by atoms with Crippen LogP contribution in [0.5, 0.6) is 5.75 Å². The van der Waals surface area contributed by atoms with Gasteiger partial charge in [0.15, 0.2) is 0 Å². The highest BCUT2D eigenvalue weighted by Gasteiger charge is 2.10. The molecule has 0 aliphatic heterocycles. The Morgan fingerprint density at radius 1 is 1.09 bits per heavy atom. The van der Waals surface area contributed by atoms with Crippen molar-refractivity contribution in [2.45, 2.75) is 26.2 Å². The number of hydrogen-bond donors (Lipinski definition) is 1. The smallest absolute Gasteiger partial charge is 0.338 e. The average molecular weight is 434 g/mol. The highest BCUT2D eigenvalue weighted by molar-refractivity contribution is 5.91. The zero-order chi connectivity index (χ0) is 22.8. The molecule has 0 aliphatic carbocycles. The van der Waals surface area contributed by atoms with E-state index in [1.54, 1.807) is 44.4 Å². The summed E-state index contributed by atoms with van der Waals surface area (Å²) < 4.78 is 15.9. The molecular formula is C25H26N2O5. The van der Waals surface area contributed by atoms with E-state index in [1.807, 2.05) is 30.3 Å². The fourth-order valence-corrected chi connectivity index (χ4v) is 3.06. The molecule has 7 heteroatoms. The molecule has 0 fully saturated rings. The highest BCUT2D eigenvalue weighted by Crippen LogP contribution is 2.23. The molecule has 0 aliphatic rings. The predicted molar refractivity (Wildman–Crippen MR) is 122 cm³/mol. The minimum absolute atomic E-state index is 0.163. The van der Waals surface area contributed by atoms with Gasteiger partial charge in [0.2, 0.25) is 5.91 Å². The van der Waals surface area contributed by atoms with Crippen molar-refractivity contribution >= 4 is 18.1 Å². The van der Waals surface area contributed by atoms with Gasteiger partial charge in [-0.15, -0.1) is 0 Å². The number of carbonyl (C=O) groups is 2. The summed E-state index contributed by atoms with van der Waals surface area (Å²) in [4.78, 5) is 23.9. The summed E-state index contributed by atoms with van der Waals surface area (Å²) >= 11 is 0. The van der Waals surface area contributed by atoms with E-state index < -0.39 is 0 Å². The molecule has 3 aromatic rings. The molecule has 0 saturated heterocycles. The molecule has 0 spiro atoms. The van der Waals surface area contributed by atoms with Crippen molar-refractivity contribution in [3.8, 4) is 17.1 Å². The highest BCUT2D eigenvalue weighted by atomic mass is 16.5. The molecule has 1 aromatic heterocycles. The van der Waals surface area contributed by atoms with Crippen molar-refractivity contribution in [2.75, 3.05) is 13.7 Å². The van der Waals surface area contributed by atoms with Crippen molar-refractivity contribution in [3.63, 3.8) is 0 Å². The first kappa shape index (κ1) is 22.8. The second kappa shape index (κ2) is 11.5. The summed E-state index contributed by atoms with van der Waals surface area (Å²) in [5.74, 6) is 1.35. The Morgan fingerprint density at radius 2 is 1.91 bits per heavy atom.